The third kappa shape index (κ3) is 4.23. The summed E-state index contributed by atoms with van der Waals surface area (Å²) in [5.74, 6) is 0.707. The number of aryl methyl sites for hydroxylation is 1. The third-order valence-corrected chi connectivity index (χ3v) is 5.27. The third-order valence-electron chi connectivity index (χ3n) is 4.19. The summed E-state index contributed by atoms with van der Waals surface area (Å²) in [4.78, 5) is 25.2. The average molecular weight is 355 g/mol. The molecule has 5 heteroatoms. The summed E-state index contributed by atoms with van der Waals surface area (Å²) < 4.78 is 5.80. The van der Waals surface area contributed by atoms with E-state index in [0.29, 0.717) is 19.6 Å². The van der Waals surface area contributed by atoms with Crippen molar-refractivity contribution in [2.75, 3.05) is 6.54 Å². The minimum Gasteiger partial charge on any atom is -0.489 e. The van der Waals surface area contributed by atoms with Crippen LogP contribution in [0.2, 0.25) is 0 Å². The Balaban J connectivity index is 1.56. The van der Waals surface area contributed by atoms with Crippen LogP contribution in [0.3, 0.4) is 0 Å². The van der Waals surface area contributed by atoms with Gasteiger partial charge in [-0.05, 0) is 43.5 Å². The molecule has 0 N–H and O–H groups in total. The molecule has 4 nitrogen and oxygen atoms in total. The summed E-state index contributed by atoms with van der Waals surface area (Å²) in [6.45, 7) is 4.84. The largest absolute Gasteiger partial charge is 0.489 e. The van der Waals surface area contributed by atoms with E-state index in [1.165, 1.54) is 10.5 Å². The second kappa shape index (κ2) is 7.74. The molecule has 0 bridgehead atoms. The first-order chi connectivity index (χ1) is 12.1. The highest BCUT2D eigenvalue weighted by Gasteiger charge is 2.38. The van der Waals surface area contributed by atoms with E-state index in [-0.39, 0.29) is 16.4 Å². The van der Waals surface area contributed by atoms with Crippen LogP contribution < -0.4 is 4.74 Å². The van der Waals surface area contributed by atoms with E-state index >= 15 is 0 Å². The van der Waals surface area contributed by atoms with Crippen molar-refractivity contribution >= 4 is 22.9 Å². The van der Waals surface area contributed by atoms with Gasteiger partial charge in [0.25, 0.3) is 5.24 Å². The second-order valence-corrected chi connectivity index (χ2v) is 7.23. The zero-order valence-corrected chi connectivity index (χ0v) is 15.2. The number of carbonyl (C=O) groups excluding carboxylic acids is 2. The molecular formula is C20H21NO3S. The molecule has 2 amide bonds. The lowest BCUT2D eigenvalue weighted by atomic mass is 10.1. The van der Waals surface area contributed by atoms with Gasteiger partial charge >= 0.3 is 0 Å². The van der Waals surface area contributed by atoms with Crippen LogP contribution in [-0.4, -0.2) is 27.8 Å². The van der Waals surface area contributed by atoms with E-state index in [4.69, 9.17) is 4.74 Å². The maximum atomic E-state index is 12.2. The molecule has 1 fully saturated rings. The zero-order chi connectivity index (χ0) is 17.8. The molecular weight excluding hydrogens is 334 g/mol. The normalized spacial score (nSPS) is 17.2. The van der Waals surface area contributed by atoms with Crippen molar-refractivity contribution in [1.82, 2.24) is 4.90 Å². The van der Waals surface area contributed by atoms with Gasteiger partial charge in [-0.25, -0.2) is 0 Å². The molecule has 1 saturated heterocycles. The van der Waals surface area contributed by atoms with Gasteiger partial charge in [0.2, 0.25) is 5.91 Å². The molecule has 0 unspecified atom stereocenters. The number of amides is 2. The van der Waals surface area contributed by atoms with Gasteiger partial charge in [-0.1, -0.05) is 53.7 Å². The summed E-state index contributed by atoms with van der Waals surface area (Å²) in [5, 5.41) is -0.456. The Morgan fingerprint density at radius 1 is 1.00 bits per heavy atom. The topological polar surface area (TPSA) is 46.6 Å². The molecule has 0 spiro atoms. The van der Waals surface area contributed by atoms with E-state index in [2.05, 4.69) is 31.2 Å². The fourth-order valence-corrected chi connectivity index (χ4v) is 3.79. The molecule has 1 atom stereocenters. The SMILES string of the molecule is CCN1C(=O)S[C@@H](Cc2ccc(OCc3ccc(C)cc3)cc2)C1=O. The van der Waals surface area contributed by atoms with Crippen molar-refractivity contribution in [2.24, 2.45) is 0 Å². The number of nitrogens with zero attached hydrogens (tertiary/aromatic N) is 1. The van der Waals surface area contributed by atoms with E-state index < -0.39 is 0 Å². The summed E-state index contributed by atoms with van der Waals surface area (Å²) in [6, 6.07) is 16.0. The fraction of sp³-hybridized carbons (Fsp3) is 0.300. The maximum Gasteiger partial charge on any atom is 0.289 e. The van der Waals surface area contributed by atoms with Crippen LogP contribution >= 0.6 is 11.8 Å². The standard InChI is InChI=1S/C20H21NO3S/c1-3-21-19(22)18(25-20(21)23)12-15-8-10-17(11-9-15)24-13-16-6-4-14(2)5-7-16/h4-11,18H,3,12-13H2,1-2H3/t18-/m0/s1. The Hall–Kier alpha value is -2.27. The Bertz CT molecular complexity index is 756. The van der Waals surface area contributed by atoms with Gasteiger partial charge in [0, 0.05) is 6.54 Å². The fourth-order valence-electron chi connectivity index (χ4n) is 2.70. The molecule has 1 heterocycles. The monoisotopic (exact) mass is 355 g/mol. The van der Waals surface area contributed by atoms with Crippen molar-refractivity contribution in [1.29, 1.82) is 0 Å². The lowest BCUT2D eigenvalue weighted by molar-refractivity contribution is -0.126. The van der Waals surface area contributed by atoms with Crippen molar-refractivity contribution in [3.63, 3.8) is 0 Å². The first kappa shape index (κ1) is 17.5. The molecule has 0 aliphatic carbocycles. The van der Waals surface area contributed by atoms with Crippen LogP contribution in [-0.2, 0) is 17.8 Å². The Morgan fingerprint density at radius 3 is 2.24 bits per heavy atom. The number of carbonyl (C=O) groups is 2. The Kier molecular flexibility index (Phi) is 5.43. The van der Waals surface area contributed by atoms with E-state index in [1.54, 1.807) is 0 Å². The van der Waals surface area contributed by atoms with Crippen molar-refractivity contribution in [3.05, 3.63) is 65.2 Å². The number of benzene rings is 2. The van der Waals surface area contributed by atoms with Crippen LogP contribution in [0.15, 0.2) is 48.5 Å². The molecule has 2 aromatic carbocycles. The predicted molar refractivity (Wildman–Crippen MR) is 99.8 cm³/mol. The number of hydrogen-bond donors (Lipinski definition) is 0. The molecule has 1 aliphatic rings. The van der Waals surface area contributed by atoms with Crippen molar-refractivity contribution in [3.8, 4) is 5.75 Å². The Labute approximate surface area is 152 Å². The quantitative estimate of drug-likeness (QED) is 0.779. The van der Waals surface area contributed by atoms with Crippen molar-refractivity contribution in [2.45, 2.75) is 32.1 Å². The van der Waals surface area contributed by atoms with Gasteiger partial charge in [0.05, 0.1) is 5.25 Å². The molecule has 0 aromatic heterocycles. The van der Waals surface area contributed by atoms with Crippen LogP contribution in [0.1, 0.15) is 23.6 Å². The molecule has 2 aromatic rings. The molecule has 25 heavy (non-hydrogen) atoms. The highest BCUT2D eigenvalue weighted by molar-refractivity contribution is 8.15. The Morgan fingerprint density at radius 2 is 1.64 bits per heavy atom. The summed E-state index contributed by atoms with van der Waals surface area (Å²) >= 11 is 1.12. The minimum absolute atomic E-state index is 0.0859. The van der Waals surface area contributed by atoms with Crippen molar-refractivity contribution < 1.29 is 14.3 Å². The van der Waals surface area contributed by atoms with Crippen LogP contribution in [0.4, 0.5) is 4.79 Å². The number of ether oxygens (including phenoxy) is 1. The van der Waals surface area contributed by atoms with Crippen LogP contribution in [0.25, 0.3) is 0 Å². The van der Waals surface area contributed by atoms with Crippen LogP contribution in [0.5, 0.6) is 5.75 Å². The number of rotatable bonds is 6. The molecule has 3 rings (SSSR count). The molecule has 0 saturated carbocycles. The summed E-state index contributed by atoms with van der Waals surface area (Å²) in [6.07, 6.45) is 0.560. The zero-order valence-electron chi connectivity index (χ0n) is 14.4. The predicted octanol–water partition coefficient (Wildman–Crippen LogP) is 4.20. The lowest BCUT2D eigenvalue weighted by Gasteiger charge is -2.11. The first-order valence-corrected chi connectivity index (χ1v) is 9.24. The smallest absolute Gasteiger partial charge is 0.289 e. The van der Waals surface area contributed by atoms with Gasteiger partial charge in [0.1, 0.15) is 12.4 Å². The van der Waals surface area contributed by atoms with Gasteiger partial charge in [-0.2, -0.15) is 0 Å². The summed E-state index contributed by atoms with van der Waals surface area (Å²) in [7, 11) is 0. The maximum absolute atomic E-state index is 12.2. The van der Waals surface area contributed by atoms with Gasteiger partial charge in [-0.15, -0.1) is 0 Å². The second-order valence-electron chi connectivity index (χ2n) is 6.08. The van der Waals surface area contributed by atoms with E-state index in [0.717, 1.165) is 28.6 Å². The highest BCUT2D eigenvalue weighted by Crippen LogP contribution is 2.29. The summed E-state index contributed by atoms with van der Waals surface area (Å²) in [5.41, 5.74) is 3.38. The first-order valence-electron chi connectivity index (χ1n) is 8.36. The number of thioether (sulfide) groups is 1. The van der Waals surface area contributed by atoms with Gasteiger partial charge in [0.15, 0.2) is 0 Å². The van der Waals surface area contributed by atoms with Crippen LogP contribution in [0, 0.1) is 6.92 Å². The van der Waals surface area contributed by atoms with E-state index in [9.17, 15) is 9.59 Å². The van der Waals surface area contributed by atoms with Gasteiger partial charge < -0.3 is 4.74 Å². The highest BCUT2D eigenvalue weighted by atomic mass is 32.2. The van der Waals surface area contributed by atoms with Gasteiger partial charge in [-0.3, -0.25) is 14.5 Å². The number of imide groups is 1. The molecule has 0 radical (unpaired) electrons. The molecule has 1 aliphatic heterocycles. The number of hydrogen-bond acceptors (Lipinski definition) is 4. The average Bonchev–Trinajstić information content (AvgIpc) is 2.88. The van der Waals surface area contributed by atoms with E-state index in [1.807, 2.05) is 31.2 Å². The minimum atomic E-state index is -0.313. The molecule has 130 valence electrons. The lowest BCUT2D eigenvalue weighted by Crippen LogP contribution is -2.31.